The molecule has 0 aliphatic heterocycles. The number of hydrogen-bond acceptors (Lipinski definition) is 6. The van der Waals surface area contributed by atoms with E-state index in [9.17, 15) is 0 Å². The first-order valence-electron chi connectivity index (χ1n) is 9.77. The van der Waals surface area contributed by atoms with Gasteiger partial charge in [0.25, 0.3) is 0 Å². The molecule has 3 aromatic heterocycles. The molecule has 0 atom stereocenters. The van der Waals surface area contributed by atoms with Crippen LogP contribution >= 0.6 is 23.2 Å². The first-order chi connectivity index (χ1) is 16.1. The standard InChI is InChI=1S/C11H9ClN6.C11H8ClN3/c12-9-3-1-8(2-4-9)7-18-6-5-13-11(18)10-14-16-17-15-10;12-10-3-1-9(2-4-10)8-15-6-5-14-11(15)7-13/h1-6H,7H2,(H,14,15,16,17);1-6H,8H2. The van der Waals surface area contributed by atoms with Crippen molar-refractivity contribution in [2.24, 2.45) is 0 Å². The summed E-state index contributed by atoms with van der Waals surface area (Å²) in [4.78, 5) is 8.15. The molecular formula is C22H17Cl2N9. The lowest BCUT2D eigenvalue weighted by Gasteiger charge is -2.05. The second-order valence-electron chi connectivity index (χ2n) is 6.86. The molecule has 9 nitrogen and oxygen atoms in total. The zero-order valence-corrected chi connectivity index (χ0v) is 18.7. The first kappa shape index (κ1) is 22.2. The highest BCUT2D eigenvalue weighted by Gasteiger charge is 2.10. The Hall–Kier alpha value is -4.00. The fourth-order valence-electron chi connectivity index (χ4n) is 3.02. The molecule has 0 aliphatic rings. The van der Waals surface area contributed by atoms with Crippen LogP contribution in [-0.2, 0) is 13.1 Å². The third-order valence-electron chi connectivity index (χ3n) is 4.61. The number of nitrogens with zero attached hydrogens (tertiary/aromatic N) is 8. The number of aromatic amines is 1. The molecule has 33 heavy (non-hydrogen) atoms. The van der Waals surface area contributed by atoms with Crippen LogP contribution in [-0.4, -0.2) is 39.7 Å². The minimum Gasteiger partial charge on any atom is -0.324 e. The van der Waals surface area contributed by atoms with Crippen LogP contribution in [0.3, 0.4) is 0 Å². The Labute approximate surface area is 199 Å². The van der Waals surface area contributed by atoms with E-state index in [-0.39, 0.29) is 0 Å². The molecule has 0 aliphatic carbocycles. The molecule has 0 saturated heterocycles. The molecule has 1 N–H and O–H groups in total. The zero-order chi connectivity index (χ0) is 23.0. The molecule has 0 fully saturated rings. The highest BCUT2D eigenvalue weighted by atomic mass is 35.5. The smallest absolute Gasteiger partial charge is 0.240 e. The molecule has 0 amide bonds. The molecule has 0 bridgehead atoms. The molecule has 0 saturated carbocycles. The van der Waals surface area contributed by atoms with E-state index in [1.165, 1.54) is 0 Å². The number of tetrazole rings is 1. The van der Waals surface area contributed by atoms with Crippen LogP contribution < -0.4 is 0 Å². The van der Waals surface area contributed by atoms with Crippen molar-refractivity contribution in [3.05, 3.63) is 100 Å². The van der Waals surface area contributed by atoms with E-state index in [1.807, 2.05) is 65.4 Å². The van der Waals surface area contributed by atoms with E-state index >= 15 is 0 Å². The fraction of sp³-hybridized carbons (Fsp3) is 0.0909. The minimum absolute atomic E-state index is 0.421. The van der Waals surface area contributed by atoms with E-state index < -0.39 is 0 Å². The van der Waals surface area contributed by atoms with Crippen molar-refractivity contribution < 1.29 is 0 Å². The summed E-state index contributed by atoms with van der Waals surface area (Å²) in [5.41, 5.74) is 2.22. The van der Waals surface area contributed by atoms with Gasteiger partial charge < -0.3 is 9.13 Å². The Morgan fingerprint density at radius 2 is 1.39 bits per heavy atom. The maximum Gasteiger partial charge on any atom is 0.240 e. The molecule has 0 unspecified atom stereocenters. The highest BCUT2D eigenvalue weighted by Crippen LogP contribution is 2.15. The maximum absolute atomic E-state index is 8.78. The molecule has 5 aromatic rings. The Bertz CT molecular complexity index is 1330. The van der Waals surface area contributed by atoms with Crippen LogP contribution in [0.5, 0.6) is 0 Å². The fourth-order valence-corrected chi connectivity index (χ4v) is 3.27. The molecule has 2 aromatic carbocycles. The summed E-state index contributed by atoms with van der Waals surface area (Å²) in [5.74, 6) is 1.58. The van der Waals surface area contributed by atoms with E-state index in [4.69, 9.17) is 28.5 Å². The second-order valence-corrected chi connectivity index (χ2v) is 7.73. The van der Waals surface area contributed by atoms with Gasteiger partial charge in [-0.1, -0.05) is 47.5 Å². The number of nitriles is 1. The van der Waals surface area contributed by atoms with Crippen LogP contribution in [0.2, 0.25) is 10.0 Å². The minimum atomic E-state index is 0.421. The lowest BCUT2D eigenvalue weighted by atomic mass is 10.2. The van der Waals surface area contributed by atoms with Gasteiger partial charge in [0, 0.05) is 47.9 Å². The van der Waals surface area contributed by atoms with Crippen LogP contribution in [0.4, 0.5) is 0 Å². The largest absolute Gasteiger partial charge is 0.324 e. The first-order valence-corrected chi connectivity index (χ1v) is 10.5. The van der Waals surface area contributed by atoms with Crippen molar-refractivity contribution in [2.45, 2.75) is 13.1 Å². The summed E-state index contributed by atoms with van der Waals surface area (Å²) in [5, 5.41) is 24.0. The Balaban J connectivity index is 0.000000160. The summed E-state index contributed by atoms with van der Waals surface area (Å²) in [6.07, 6.45) is 6.99. The number of nitrogens with one attached hydrogen (secondary N) is 1. The van der Waals surface area contributed by atoms with E-state index in [1.54, 1.807) is 23.2 Å². The van der Waals surface area contributed by atoms with Gasteiger partial charge in [-0.2, -0.15) is 10.5 Å². The number of halogens is 2. The van der Waals surface area contributed by atoms with Gasteiger partial charge >= 0.3 is 0 Å². The van der Waals surface area contributed by atoms with E-state index in [2.05, 4.69) is 30.6 Å². The van der Waals surface area contributed by atoms with Crippen molar-refractivity contribution in [3.8, 4) is 17.7 Å². The zero-order valence-electron chi connectivity index (χ0n) is 17.2. The lowest BCUT2D eigenvalue weighted by molar-refractivity contribution is 0.782. The topological polar surface area (TPSA) is 114 Å². The highest BCUT2D eigenvalue weighted by molar-refractivity contribution is 6.30. The summed E-state index contributed by atoms with van der Waals surface area (Å²) in [6, 6.07) is 17.2. The van der Waals surface area contributed by atoms with Crippen molar-refractivity contribution in [1.82, 2.24) is 39.7 Å². The van der Waals surface area contributed by atoms with Crippen LogP contribution in [0.15, 0.2) is 73.3 Å². The van der Waals surface area contributed by atoms with Crippen molar-refractivity contribution >= 4 is 23.2 Å². The summed E-state index contributed by atoms with van der Waals surface area (Å²) < 4.78 is 3.75. The van der Waals surface area contributed by atoms with Crippen LogP contribution in [0.25, 0.3) is 11.6 Å². The molecule has 11 heteroatoms. The predicted molar refractivity (Wildman–Crippen MR) is 123 cm³/mol. The molecule has 0 spiro atoms. The summed E-state index contributed by atoms with van der Waals surface area (Å²) in [6.45, 7) is 1.32. The number of rotatable bonds is 5. The Kier molecular flexibility index (Phi) is 7.09. The van der Waals surface area contributed by atoms with Crippen molar-refractivity contribution in [3.63, 3.8) is 0 Å². The van der Waals surface area contributed by atoms with Gasteiger partial charge in [0.05, 0.1) is 0 Å². The normalized spacial score (nSPS) is 10.3. The van der Waals surface area contributed by atoms with Gasteiger partial charge in [-0.3, -0.25) is 0 Å². The number of hydrogen-bond donors (Lipinski definition) is 1. The van der Waals surface area contributed by atoms with E-state index in [0.717, 1.165) is 16.1 Å². The molecule has 3 heterocycles. The number of benzene rings is 2. The Morgan fingerprint density at radius 1 is 0.818 bits per heavy atom. The van der Waals surface area contributed by atoms with Crippen LogP contribution in [0, 0.1) is 11.3 Å². The molecule has 164 valence electrons. The maximum atomic E-state index is 8.78. The van der Waals surface area contributed by atoms with E-state index in [0.29, 0.717) is 35.6 Å². The van der Waals surface area contributed by atoms with Gasteiger partial charge in [-0.05, 0) is 40.6 Å². The molecule has 5 rings (SSSR count). The van der Waals surface area contributed by atoms with Gasteiger partial charge in [-0.25, -0.2) is 9.97 Å². The third-order valence-corrected chi connectivity index (χ3v) is 5.11. The van der Waals surface area contributed by atoms with Crippen molar-refractivity contribution in [1.29, 1.82) is 5.26 Å². The number of H-pyrrole nitrogens is 1. The molecular weight excluding hydrogens is 461 g/mol. The van der Waals surface area contributed by atoms with Gasteiger partial charge in [-0.15, -0.1) is 10.2 Å². The molecule has 0 radical (unpaired) electrons. The third kappa shape index (κ3) is 5.83. The van der Waals surface area contributed by atoms with Crippen LogP contribution in [0.1, 0.15) is 17.0 Å². The van der Waals surface area contributed by atoms with Gasteiger partial charge in [0.15, 0.2) is 5.82 Å². The SMILES string of the molecule is Clc1ccc(Cn2ccnc2-c2nn[nH]n2)cc1.N#Cc1nccn1Cc1ccc(Cl)cc1. The quantitative estimate of drug-likeness (QED) is 0.405. The second kappa shape index (κ2) is 10.5. The number of imidazole rings is 2. The monoisotopic (exact) mass is 477 g/mol. The number of aromatic nitrogens is 8. The van der Waals surface area contributed by atoms with Crippen molar-refractivity contribution in [2.75, 3.05) is 0 Å². The Morgan fingerprint density at radius 3 is 1.97 bits per heavy atom. The average molecular weight is 478 g/mol. The average Bonchev–Trinajstić information content (AvgIpc) is 3.59. The summed E-state index contributed by atoms with van der Waals surface area (Å²) >= 11 is 11.6. The lowest BCUT2D eigenvalue weighted by Crippen LogP contribution is -2.01. The van der Waals surface area contributed by atoms with Gasteiger partial charge in [0.2, 0.25) is 11.6 Å². The predicted octanol–water partition coefficient (Wildman–Crippen LogP) is 4.22. The van der Waals surface area contributed by atoms with Gasteiger partial charge in [0.1, 0.15) is 6.07 Å². The summed E-state index contributed by atoms with van der Waals surface area (Å²) in [7, 11) is 0.